The number of hydrogen-bond acceptors (Lipinski definition) is 2. The molecule has 0 atom stereocenters. The van der Waals surface area contributed by atoms with Gasteiger partial charge in [-0.3, -0.25) is 0 Å². The second-order valence-electron chi connectivity index (χ2n) is 2.56. The molecule has 0 radical (unpaired) electrons. The predicted octanol–water partition coefficient (Wildman–Crippen LogP) is 2.25. The van der Waals surface area contributed by atoms with Crippen molar-refractivity contribution in [3.63, 3.8) is 0 Å². The van der Waals surface area contributed by atoms with E-state index in [1.54, 1.807) is 0 Å². The molecule has 0 fully saturated rings. The maximum atomic E-state index is 5.53. The molecule has 2 aromatic rings. The van der Waals surface area contributed by atoms with Gasteiger partial charge < -0.3 is 10.1 Å². The van der Waals surface area contributed by atoms with Crippen LogP contribution >= 0.6 is 0 Å². The van der Waals surface area contributed by atoms with E-state index < -0.39 is 0 Å². The van der Waals surface area contributed by atoms with Crippen LogP contribution in [-0.2, 0) is 0 Å². The minimum atomic E-state index is 0.569. The van der Waals surface area contributed by atoms with Crippen molar-refractivity contribution in [1.29, 1.82) is 0 Å². The minimum absolute atomic E-state index is 0.569. The molecule has 0 saturated carbocycles. The van der Waals surface area contributed by atoms with Gasteiger partial charge in [0.2, 0.25) is 0 Å². The third kappa shape index (κ3) is 1.80. The Kier molecular flexibility index (Phi) is 2.90. The first kappa shape index (κ1) is 9.58. The number of hydrogen-bond donors (Lipinski definition) is 1. The summed E-state index contributed by atoms with van der Waals surface area (Å²) in [5.41, 5.74) is 7.58. The summed E-state index contributed by atoms with van der Waals surface area (Å²) >= 11 is 0. The number of imidazole rings is 1. The molecule has 0 aliphatic heterocycles. The van der Waals surface area contributed by atoms with Crippen molar-refractivity contribution in [1.82, 2.24) is 9.38 Å². The lowest BCUT2D eigenvalue weighted by atomic mass is 10.4. The van der Waals surface area contributed by atoms with Gasteiger partial charge in [-0.05, 0) is 19.1 Å². The molecule has 70 valence electrons. The first-order valence-electron chi connectivity index (χ1n) is 4.47. The highest BCUT2D eigenvalue weighted by atomic mass is 15.0. The molecule has 0 amide bonds. The van der Waals surface area contributed by atoms with E-state index >= 15 is 0 Å². The number of anilines is 1. The summed E-state index contributed by atoms with van der Waals surface area (Å²) in [6.45, 7) is 6.02. The van der Waals surface area contributed by atoms with Crippen LogP contribution in [0.5, 0.6) is 0 Å². The van der Waals surface area contributed by atoms with E-state index in [-0.39, 0.29) is 0 Å². The molecule has 0 aromatic carbocycles. The zero-order valence-corrected chi connectivity index (χ0v) is 8.28. The zero-order valence-electron chi connectivity index (χ0n) is 8.28. The van der Waals surface area contributed by atoms with E-state index in [4.69, 9.17) is 5.73 Å². The van der Waals surface area contributed by atoms with Crippen molar-refractivity contribution in [2.75, 3.05) is 5.73 Å². The number of fused-ring (bicyclic) bond motifs is 1. The Balaban J connectivity index is 0.000000396. The maximum Gasteiger partial charge on any atom is 0.142 e. The van der Waals surface area contributed by atoms with Crippen LogP contribution in [0.1, 0.15) is 19.5 Å². The topological polar surface area (TPSA) is 43.3 Å². The Hall–Kier alpha value is -1.51. The maximum absolute atomic E-state index is 5.53. The second kappa shape index (κ2) is 3.94. The van der Waals surface area contributed by atoms with Crippen LogP contribution in [0.2, 0.25) is 0 Å². The van der Waals surface area contributed by atoms with E-state index in [9.17, 15) is 0 Å². The lowest BCUT2D eigenvalue weighted by molar-refractivity contribution is 1.09. The SMILES string of the molecule is CC.Cc1cccc2nc(N)cn12. The number of aromatic nitrogens is 2. The van der Waals surface area contributed by atoms with Gasteiger partial charge in [0.1, 0.15) is 11.5 Å². The lowest BCUT2D eigenvalue weighted by Crippen LogP contribution is -1.86. The van der Waals surface area contributed by atoms with E-state index in [1.165, 1.54) is 0 Å². The van der Waals surface area contributed by atoms with Crippen molar-refractivity contribution in [2.45, 2.75) is 20.8 Å². The van der Waals surface area contributed by atoms with Crippen molar-refractivity contribution < 1.29 is 0 Å². The second-order valence-corrected chi connectivity index (χ2v) is 2.56. The summed E-state index contributed by atoms with van der Waals surface area (Å²) in [4.78, 5) is 4.11. The number of nitrogen functional groups attached to an aromatic ring is 1. The number of nitrogens with zero attached hydrogens (tertiary/aromatic N) is 2. The molecule has 2 heterocycles. The summed E-state index contributed by atoms with van der Waals surface area (Å²) in [5.74, 6) is 0.569. The summed E-state index contributed by atoms with van der Waals surface area (Å²) < 4.78 is 1.97. The van der Waals surface area contributed by atoms with Crippen LogP contribution in [-0.4, -0.2) is 9.38 Å². The normalized spacial score (nSPS) is 9.46. The molecule has 0 bridgehead atoms. The molecular formula is C10H15N3. The first-order valence-corrected chi connectivity index (χ1v) is 4.47. The Morgan fingerprint density at radius 1 is 1.31 bits per heavy atom. The van der Waals surface area contributed by atoms with Gasteiger partial charge in [-0.1, -0.05) is 19.9 Å². The van der Waals surface area contributed by atoms with Gasteiger partial charge in [-0.25, -0.2) is 4.98 Å². The van der Waals surface area contributed by atoms with Gasteiger partial charge in [0.25, 0.3) is 0 Å². The van der Waals surface area contributed by atoms with Crippen LogP contribution in [0.3, 0.4) is 0 Å². The van der Waals surface area contributed by atoms with Crippen LogP contribution in [0.15, 0.2) is 24.4 Å². The van der Waals surface area contributed by atoms with Crippen LogP contribution < -0.4 is 5.73 Å². The van der Waals surface area contributed by atoms with E-state index in [0.29, 0.717) is 5.82 Å². The molecule has 0 unspecified atom stereocenters. The number of rotatable bonds is 0. The van der Waals surface area contributed by atoms with Gasteiger partial charge in [0.05, 0.1) is 6.20 Å². The molecule has 0 saturated heterocycles. The summed E-state index contributed by atoms with van der Waals surface area (Å²) in [7, 11) is 0. The van der Waals surface area contributed by atoms with Crippen LogP contribution in [0.25, 0.3) is 5.65 Å². The highest BCUT2D eigenvalue weighted by Crippen LogP contribution is 2.08. The molecule has 2 aromatic heterocycles. The van der Waals surface area contributed by atoms with E-state index in [0.717, 1.165) is 11.3 Å². The summed E-state index contributed by atoms with van der Waals surface area (Å²) in [5, 5.41) is 0. The van der Waals surface area contributed by atoms with Gasteiger partial charge in [-0.2, -0.15) is 0 Å². The van der Waals surface area contributed by atoms with Gasteiger partial charge in [-0.15, -0.1) is 0 Å². The molecule has 0 aliphatic rings. The molecule has 0 spiro atoms. The Morgan fingerprint density at radius 2 is 2.00 bits per heavy atom. The number of nitrogens with two attached hydrogens (primary N) is 1. The molecule has 13 heavy (non-hydrogen) atoms. The molecule has 3 nitrogen and oxygen atoms in total. The molecule has 3 heteroatoms. The Morgan fingerprint density at radius 3 is 2.62 bits per heavy atom. The smallest absolute Gasteiger partial charge is 0.142 e. The minimum Gasteiger partial charge on any atom is -0.382 e. The quantitative estimate of drug-likeness (QED) is 0.670. The van der Waals surface area contributed by atoms with E-state index in [1.807, 2.05) is 49.6 Å². The van der Waals surface area contributed by atoms with Crippen molar-refractivity contribution in [3.05, 3.63) is 30.1 Å². The van der Waals surface area contributed by atoms with Crippen LogP contribution in [0, 0.1) is 6.92 Å². The van der Waals surface area contributed by atoms with Crippen LogP contribution in [0.4, 0.5) is 5.82 Å². The van der Waals surface area contributed by atoms with E-state index in [2.05, 4.69) is 4.98 Å². The number of pyridine rings is 1. The summed E-state index contributed by atoms with van der Waals surface area (Å²) in [6.07, 6.45) is 1.82. The van der Waals surface area contributed by atoms with Crippen molar-refractivity contribution in [3.8, 4) is 0 Å². The van der Waals surface area contributed by atoms with Crippen molar-refractivity contribution >= 4 is 11.5 Å². The van der Waals surface area contributed by atoms with Gasteiger partial charge >= 0.3 is 0 Å². The molecule has 2 rings (SSSR count). The molecular weight excluding hydrogens is 162 g/mol. The predicted molar refractivity (Wildman–Crippen MR) is 55.7 cm³/mol. The third-order valence-corrected chi connectivity index (χ3v) is 1.71. The Labute approximate surface area is 78.2 Å². The highest BCUT2D eigenvalue weighted by molar-refractivity contribution is 5.47. The standard InChI is InChI=1S/C8H9N3.C2H6/c1-6-3-2-4-8-10-7(9)5-11(6)8;1-2/h2-5H,9H2,1H3;1-2H3. The average molecular weight is 177 g/mol. The molecule has 2 N–H and O–H groups in total. The largest absolute Gasteiger partial charge is 0.382 e. The fourth-order valence-corrected chi connectivity index (χ4v) is 1.17. The lowest BCUT2D eigenvalue weighted by Gasteiger charge is -1.95. The average Bonchev–Trinajstić information content (AvgIpc) is 2.51. The summed E-state index contributed by atoms with van der Waals surface area (Å²) in [6, 6.07) is 5.93. The van der Waals surface area contributed by atoms with Crippen molar-refractivity contribution in [2.24, 2.45) is 0 Å². The fraction of sp³-hybridized carbons (Fsp3) is 0.300. The third-order valence-electron chi connectivity index (χ3n) is 1.71. The molecule has 0 aliphatic carbocycles. The monoisotopic (exact) mass is 177 g/mol. The number of aryl methyl sites for hydroxylation is 1. The van der Waals surface area contributed by atoms with Gasteiger partial charge in [0, 0.05) is 5.69 Å². The first-order chi connectivity index (χ1) is 6.27. The Bertz CT molecular complexity index is 390. The highest BCUT2D eigenvalue weighted by Gasteiger charge is 1.97. The zero-order chi connectivity index (χ0) is 9.84. The van der Waals surface area contributed by atoms with Gasteiger partial charge in [0.15, 0.2) is 0 Å². The fourth-order valence-electron chi connectivity index (χ4n) is 1.17.